The van der Waals surface area contributed by atoms with Crippen molar-refractivity contribution in [3.8, 4) is 0 Å². The van der Waals surface area contributed by atoms with Gasteiger partial charge in [-0.3, -0.25) is 14.3 Å². The second-order valence-corrected chi connectivity index (χ2v) is 5.45. The van der Waals surface area contributed by atoms with Gasteiger partial charge >= 0.3 is 5.69 Å². The summed E-state index contributed by atoms with van der Waals surface area (Å²) in [7, 11) is 0. The number of hydrogen-bond acceptors (Lipinski definition) is 6. The van der Waals surface area contributed by atoms with Crippen molar-refractivity contribution in [2.24, 2.45) is 0 Å². The largest absolute Gasteiger partial charge is 0.394 e. The first-order chi connectivity index (χ1) is 10.6. The molecular formula is C14H24N4O4. The molecule has 0 aliphatic carbocycles. The standard InChI is InChI=1S/C10H14N2O4.C4H10N2/c1-6-4-12(10(15)11-9(6)14)8-3-2-7(5-13)16-8;1-2-6-4-3-5-1/h4,7-8,13H,2-3,5H2,1H3,(H,11,14,15);5-6H,1-4H2/t7-,8+;/m0./s1. The molecule has 0 spiro atoms. The van der Waals surface area contributed by atoms with Crippen LogP contribution < -0.4 is 21.9 Å². The highest BCUT2D eigenvalue weighted by atomic mass is 16.5. The number of aliphatic hydroxyl groups excluding tert-OH is 1. The molecule has 1 aromatic heterocycles. The lowest BCUT2D eigenvalue weighted by Gasteiger charge is -2.14. The molecule has 1 aromatic rings. The van der Waals surface area contributed by atoms with Crippen molar-refractivity contribution in [3.05, 3.63) is 32.6 Å². The zero-order valence-electron chi connectivity index (χ0n) is 12.8. The van der Waals surface area contributed by atoms with Crippen LogP contribution in [0.25, 0.3) is 0 Å². The number of aromatic amines is 1. The number of ether oxygens (including phenoxy) is 1. The van der Waals surface area contributed by atoms with E-state index < -0.39 is 5.69 Å². The Morgan fingerprint density at radius 3 is 2.36 bits per heavy atom. The molecule has 2 aliphatic rings. The van der Waals surface area contributed by atoms with Gasteiger partial charge in [0.15, 0.2) is 0 Å². The minimum atomic E-state index is -0.473. The lowest BCUT2D eigenvalue weighted by atomic mass is 10.2. The zero-order chi connectivity index (χ0) is 15.9. The van der Waals surface area contributed by atoms with E-state index in [4.69, 9.17) is 9.84 Å². The summed E-state index contributed by atoms with van der Waals surface area (Å²) in [5.74, 6) is 0. The van der Waals surface area contributed by atoms with Crippen LogP contribution in [0.3, 0.4) is 0 Å². The minimum absolute atomic E-state index is 0.0480. The number of piperazine rings is 1. The molecule has 0 unspecified atom stereocenters. The Labute approximate surface area is 128 Å². The van der Waals surface area contributed by atoms with Crippen LogP contribution >= 0.6 is 0 Å². The summed E-state index contributed by atoms with van der Waals surface area (Å²) in [6.45, 7) is 6.14. The van der Waals surface area contributed by atoms with Crippen LogP contribution in [0.4, 0.5) is 0 Å². The fourth-order valence-electron chi connectivity index (χ4n) is 2.43. The topological polar surface area (TPSA) is 108 Å². The Hall–Kier alpha value is -1.48. The SMILES string of the molecule is C1CNCCN1.Cc1cn([C@H]2CC[C@@H](CO)O2)c(=O)[nH]c1=O. The highest BCUT2D eigenvalue weighted by molar-refractivity contribution is 5.01. The van der Waals surface area contributed by atoms with Gasteiger partial charge in [0.2, 0.25) is 0 Å². The average Bonchev–Trinajstić information content (AvgIpc) is 3.02. The van der Waals surface area contributed by atoms with E-state index in [-0.39, 0.29) is 24.5 Å². The van der Waals surface area contributed by atoms with Crippen molar-refractivity contribution in [2.75, 3.05) is 32.8 Å². The third-order valence-electron chi connectivity index (χ3n) is 3.70. The van der Waals surface area contributed by atoms with Crippen molar-refractivity contribution in [1.29, 1.82) is 0 Å². The number of hydrogen-bond donors (Lipinski definition) is 4. The summed E-state index contributed by atoms with van der Waals surface area (Å²) < 4.78 is 6.83. The maximum Gasteiger partial charge on any atom is 0.330 e. The number of nitrogens with zero attached hydrogens (tertiary/aromatic N) is 1. The second kappa shape index (κ2) is 8.23. The second-order valence-electron chi connectivity index (χ2n) is 5.45. The quantitative estimate of drug-likeness (QED) is 0.540. The summed E-state index contributed by atoms with van der Waals surface area (Å²) >= 11 is 0. The van der Waals surface area contributed by atoms with Crippen molar-refractivity contribution in [3.63, 3.8) is 0 Å². The van der Waals surface area contributed by atoms with Crippen LogP contribution in [0, 0.1) is 6.92 Å². The molecule has 8 heteroatoms. The average molecular weight is 312 g/mol. The third-order valence-corrected chi connectivity index (χ3v) is 3.70. The number of rotatable bonds is 2. The van der Waals surface area contributed by atoms with Gasteiger partial charge in [0.05, 0.1) is 12.7 Å². The lowest BCUT2D eigenvalue weighted by Crippen LogP contribution is -2.39. The summed E-state index contributed by atoms with van der Waals surface area (Å²) in [5.41, 5.74) is -0.382. The Morgan fingerprint density at radius 1 is 1.23 bits per heavy atom. The summed E-state index contributed by atoms with van der Waals surface area (Å²) in [6.07, 6.45) is 2.26. The molecule has 2 aliphatic heterocycles. The Kier molecular flexibility index (Phi) is 6.32. The van der Waals surface area contributed by atoms with E-state index in [9.17, 15) is 9.59 Å². The van der Waals surface area contributed by atoms with Gasteiger partial charge in [-0.1, -0.05) is 0 Å². The first-order valence-electron chi connectivity index (χ1n) is 7.61. The number of aromatic nitrogens is 2. The summed E-state index contributed by atoms with van der Waals surface area (Å²) in [4.78, 5) is 24.9. The highest BCUT2D eigenvalue weighted by Crippen LogP contribution is 2.26. The zero-order valence-corrected chi connectivity index (χ0v) is 12.8. The monoisotopic (exact) mass is 312 g/mol. The molecule has 22 heavy (non-hydrogen) atoms. The highest BCUT2D eigenvalue weighted by Gasteiger charge is 2.26. The fourth-order valence-corrected chi connectivity index (χ4v) is 2.43. The third kappa shape index (κ3) is 4.51. The van der Waals surface area contributed by atoms with Crippen molar-refractivity contribution >= 4 is 0 Å². The maximum absolute atomic E-state index is 11.5. The molecule has 4 N–H and O–H groups in total. The molecule has 0 bridgehead atoms. The summed E-state index contributed by atoms with van der Waals surface area (Å²) in [5, 5.41) is 15.4. The molecule has 0 amide bonds. The number of H-pyrrole nitrogens is 1. The van der Waals surface area contributed by atoms with Crippen molar-refractivity contribution in [2.45, 2.75) is 32.1 Å². The lowest BCUT2D eigenvalue weighted by molar-refractivity contribution is -0.0247. The molecule has 8 nitrogen and oxygen atoms in total. The predicted octanol–water partition coefficient (Wildman–Crippen LogP) is -1.31. The van der Waals surface area contributed by atoms with Crippen LogP contribution in [-0.2, 0) is 4.74 Å². The molecule has 3 heterocycles. The van der Waals surface area contributed by atoms with Gasteiger partial charge < -0.3 is 20.5 Å². The number of aliphatic hydroxyl groups is 1. The minimum Gasteiger partial charge on any atom is -0.394 e. The Balaban J connectivity index is 0.000000246. The first-order valence-corrected chi connectivity index (χ1v) is 7.61. The number of aryl methyl sites for hydroxylation is 1. The number of nitrogens with one attached hydrogen (secondary N) is 3. The normalized spacial score (nSPS) is 24.6. The van der Waals surface area contributed by atoms with E-state index in [2.05, 4.69) is 15.6 Å². The molecule has 124 valence electrons. The van der Waals surface area contributed by atoms with Crippen LogP contribution in [0.2, 0.25) is 0 Å². The molecule has 2 atom stereocenters. The van der Waals surface area contributed by atoms with E-state index >= 15 is 0 Å². The van der Waals surface area contributed by atoms with Gasteiger partial charge in [0.1, 0.15) is 6.23 Å². The van der Waals surface area contributed by atoms with Gasteiger partial charge in [-0.15, -0.1) is 0 Å². The van der Waals surface area contributed by atoms with E-state index in [0.29, 0.717) is 18.4 Å². The predicted molar refractivity (Wildman–Crippen MR) is 82.0 cm³/mol. The van der Waals surface area contributed by atoms with Crippen LogP contribution in [0.1, 0.15) is 24.6 Å². The molecule has 0 aromatic carbocycles. The van der Waals surface area contributed by atoms with Gasteiger partial charge in [-0.05, 0) is 19.8 Å². The molecule has 0 saturated carbocycles. The van der Waals surface area contributed by atoms with Crippen LogP contribution in [0.5, 0.6) is 0 Å². The van der Waals surface area contributed by atoms with Crippen molar-refractivity contribution in [1.82, 2.24) is 20.2 Å². The van der Waals surface area contributed by atoms with E-state index in [1.165, 1.54) is 10.8 Å². The van der Waals surface area contributed by atoms with Crippen LogP contribution in [0.15, 0.2) is 15.8 Å². The smallest absolute Gasteiger partial charge is 0.330 e. The van der Waals surface area contributed by atoms with Crippen LogP contribution in [-0.4, -0.2) is 53.5 Å². The molecular weight excluding hydrogens is 288 g/mol. The van der Waals surface area contributed by atoms with Gasteiger partial charge in [-0.2, -0.15) is 0 Å². The Morgan fingerprint density at radius 2 is 1.86 bits per heavy atom. The molecule has 0 radical (unpaired) electrons. The van der Waals surface area contributed by atoms with Gasteiger partial charge in [-0.25, -0.2) is 4.79 Å². The van der Waals surface area contributed by atoms with E-state index in [0.717, 1.165) is 26.2 Å². The van der Waals surface area contributed by atoms with Crippen molar-refractivity contribution < 1.29 is 9.84 Å². The van der Waals surface area contributed by atoms with E-state index in [1.54, 1.807) is 6.92 Å². The van der Waals surface area contributed by atoms with Gasteiger partial charge in [0, 0.05) is 37.9 Å². The van der Waals surface area contributed by atoms with E-state index in [1.807, 2.05) is 0 Å². The summed E-state index contributed by atoms with van der Waals surface area (Å²) in [6, 6.07) is 0. The molecule has 2 saturated heterocycles. The van der Waals surface area contributed by atoms with Gasteiger partial charge in [0.25, 0.3) is 5.56 Å². The Bertz CT molecular complexity index is 567. The maximum atomic E-state index is 11.5. The molecule has 2 fully saturated rings. The molecule has 3 rings (SSSR count). The fraction of sp³-hybridized carbons (Fsp3) is 0.714. The first kappa shape index (κ1) is 16.9.